The smallest absolute Gasteiger partial charge is 0.289 e. The maximum atomic E-state index is 5.40. The van der Waals surface area contributed by atoms with Crippen LogP contribution in [-0.4, -0.2) is 15.2 Å². The van der Waals surface area contributed by atoms with Gasteiger partial charge in [0, 0.05) is 10.6 Å². The molecule has 0 saturated carbocycles. The van der Waals surface area contributed by atoms with Crippen LogP contribution in [0, 0.1) is 0 Å². The van der Waals surface area contributed by atoms with E-state index in [0.717, 1.165) is 16.4 Å². The Morgan fingerprint density at radius 2 is 1.47 bits per heavy atom. The van der Waals surface area contributed by atoms with E-state index in [1.54, 1.807) is 7.11 Å². The third-order valence-electron chi connectivity index (χ3n) is 2.40. The van der Waals surface area contributed by atoms with E-state index in [9.17, 15) is 0 Å². The van der Waals surface area contributed by atoms with Gasteiger partial charge < -0.3 is 9.18 Å². The average molecular weight is 242 g/mol. The molecule has 0 spiro atoms. The summed E-state index contributed by atoms with van der Waals surface area (Å²) in [4.78, 5) is 0. The van der Waals surface area contributed by atoms with E-state index in [0.29, 0.717) is 0 Å². The summed E-state index contributed by atoms with van der Waals surface area (Å²) in [6.45, 7) is 0. The van der Waals surface area contributed by atoms with Gasteiger partial charge in [-0.2, -0.15) is 0 Å². The summed E-state index contributed by atoms with van der Waals surface area (Å²) in [6, 6.07) is 17.7. The summed E-state index contributed by atoms with van der Waals surface area (Å²) in [5.41, 5.74) is 0. The minimum absolute atomic E-state index is 0.828. The molecule has 0 unspecified atom stereocenters. The second kappa shape index (κ2) is 5.86. The van der Waals surface area contributed by atoms with Crippen LogP contribution in [0.3, 0.4) is 0 Å². The van der Waals surface area contributed by atoms with Gasteiger partial charge in [0.2, 0.25) is 0 Å². The van der Waals surface area contributed by atoms with Gasteiger partial charge in [0.1, 0.15) is 5.75 Å². The first-order chi connectivity index (χ1) is 8.35. The van der Waals surface area contributed by atoms with Gasteiger partial charge in [-0.3, -0.25) is 0 Å². The number of hydrogen-bond acceptors (Lipinski definition) is 2. The summed E-state index contributed by atoms with van der Waals surface area (Å²) in [7, 11) is 6.11. The molecule has 84 valence electrons. The highest BCUT2D eigenvalue weighted by Gasteiger charge is 2.12. The third kappa shape index (κ3) is 2.88. The quantitative estimate of drug-likeness (QED) is 0.604. The van der Waals surface area contributed by atoms with Crippen molar-refractivity contribution in [2.24, 2.45) is 0 Å². The molecule has 17 heavy (non-hydrogen) atoms. The van der Waals surface area contributed by atoms with E-state index >= 15 is 0 Å². The molecule has 2 aromatic carbocycles. The Balaban J connectivity index is 2.29. The minimum atomic E-state index is -0.944. The highest BCUT2D eigenvalue weighted by atomic mass is 31.1. The van der Waals surface area contributed by atoms with Crippen LogP contribution in [0.15, 0.2) is 54.6 Å². The Morgan fingerprint density at radius 1 is 0.882 bits per heavy atom. The molecule has 0 aliphatic heterocycles. The third-order valence-corrected chi connectivity index (χ3v) is 4.15. The van der Waals surface area contributed by atoms with Crippen molar-refractivity contribution >= 4 is 26.8 Å². The fourth-order valence-electron chi connectivity index (χ4n) is 1.55. The normalized spacial score (nSPS) is 12.1. The topological polar surface area (TPSA) is 18.5 Å². The van der Waals surface area contributed by atoms with Crippen LogP contribution in [0.2, 0.25) is 0 Å². The van der Waals surface area contributed by atoms with Gasteiger partial charge in [0.25, 0.3) is 8.05 Å². The van der Waals surface area contributed by atoms with Gasteiger partial charge in [0.15, 0.2) is 0 Å². The molecule has 2 nitrogen and oxygen atoms in total. The first-order valence-electron chi connectivity index (χ1n) is 5.21. The highest BCUT2D eigenvalue weighted by Crippen LogP contribution is 2.33. The van der Waals surface area contributed by atoms with E-state index in [1.807, 2.05) is 54.6 Å². The molecule has 2 radical (unpaired) electrons. The number of rotatable bonds is 4. The number of methoxy groups -OCH3 is 1. The maximum absolute atomic E-state index is 5.40. The standard InChI is InChI=1S/C13H12BO2P/c1-15-11-7-9-13(10-8-11)17(16-14)12-5-3-2-4-6-12/h2-10H,1H3/t17-/m1/s1. The molecule has 2 aromatic rings. The Bertz CT molecular complexity index is 459. The molecule has 0 heterocycles. The zero-order chi connectivity index (χ0) is 12.1. The van der Waals surface area contributed by atoms with Crippen LogP contribution in [-0.2, 0) is 4.44 Å². The highest BCUT2D eigenvalue weighted by molar-refractivity contribution is 7.69. The lowest BCUT2D eigenvalue weighted by Gasteiger charge is -2.16. The van der Waals surface area contributed by atoms with Crippen molar-refractivity contribution in [3.8, 4) is 5.75 Å². The molecule has 0 saturated heterocycles. The van der Waals surface area contributed by atoms with Gasteiger partial charge >= 0.3 is 0 Å². The predicted molar refractivity (Wildman–Crippen MR) is 72.5 cm³/mol. The van der Waals surface area contributed by atoms with Crippen molar-refractivity contribution in [3.63, 3.8) is 0 Å². The molecule has 0 aliphatic carbocycles. The molecule has 0 aliphatic rings. The molecule has 0 N–H and O–H groups in total. The van der Waals surface area contributed by atoms with Crippen molar-refractivity contribution in [2.75, 3.05) is 7.11 Å². The average Bonchev–Trinajstić information content (AvgIpc) is 2.42. The molecule has 4 heteroatoms. The zero-order valence-electron chi connectivity index (χ0n) is 9.54. The first kappa shape index (κ1) is 12.2. The van der Waals surface area contributed by atoms with Crippen molar-refractivity contribution in [1.82, 2.24) is 0 Å². The lowest BCUT2D eigenvalue weighted by atomic mass is 10.3. The summed E-state index contributed by atoms with van der Waals surface area (Å²) in [5.74, 6) is 0.828. The molecule has 2 rings (SSSR count). The van der Waals surface area contributed by atoms with E-state index in [1.165, 1.54) is 0 Å². The lowest BCUT2D eigenvalue weighted by Crippen LogP contribution is -2.12. The minimum Gasteiger partial charge on any atom is -0.497 e. The van der Waals surface area contributed by atoms with Crippen LogP contribution in [0.4, 0.5) is 0 Å². The largest absolute Gasteiger partial charge is 0.497 e. The molecule has 0 aromatic heterocycles. The van der Waals surface area contributed by atoms with Crippen molar-refractivity contribution < 1.29 is 9.18 Å². The lowest BCUT2D eigenvalue weighted by molar-refractivity contribution is 0.415. The second-order valence-corrected chi connectivity index (χ2v) is 5.27. The number of hydrogen-bond donors (Lipinski definition) is 0. The van der Waals surface area contributed by atoms with Crippen LogP contribution in [0.25, 0.3) is 0 Å². The van der Waals surface area contributed by atoms with Gasteiger partial charge in [-0.1, -0.05) is 30.3 Å². The van der Waals surface area contributed by atoms with Crippen molar-refractivity contribution in [2.45, 2.75) is 0 Å². The molecule has 1 atom stereocenters. The SMILES string of the molecule is [B]O[P@](c1ccccc1)c1ccc(OC)cc1. The van der Waals surface area contributed by atoms with Crippen LogP contribution in [0.1, 0.15) is 0 Å². The zero-order valence-corrected chi connectivity index (χ0v) is 10.4. The first-order valence-corrected chi connectivity index (χ1v) is 6.47. The number of benzene rings is 2. The van der Waals surface area contributed by atoms with Crippen LogP contribution in [0.5, 0.6) is 5.75 Å². The summed E-state index contributed by atoms with van der Waals surface area (Å²) >= 11 is 0. The molecular formula is C13H12BO2P. The van der Waals surface area contributed by atoms with E-state index in [4.69, 9.17) is 17.2 Å². The summed E-state index contributed by atoms with van der Waals surface area (Å²) in [5, 5.41) is 2.16. The van der Waals surface area contributed by atoms with Crippen molar-refractivity contribution in [1.29, 1.82) is 0 Å². The Hall–Kier alpha value is -1.31. The Labute approximate surface area is 104 Å². The number of ether oxygens (including phenoxy) is 1. The Kier molecular flexibility index (Phi) is 4.19. The van der Waals surface area contributed by atoms with E-state index in [2.05, 4.69) is 0 Å². The van der Waals surface area contributed by atoms with Gasteiger partial charge in [-0.05, 0) is 24.3 Å². The van der Waals surface area contributed by atoms with Crippen LogP contribution >= 0.6 is 8.15 Å². The fraction of sp³-hybridized carbons (Fsp3) is 0.0769. The predicted octanol–water partition coefficient (Wildman–Crippen LogP) is 2.14. The van der Waals surface area contributed by atoms with Gasteiger partial charge in [-0.25, -0.2) is 0 Å². The Morgan fingerprint density at radius 3 is 2.00 bits per heavy atom. The summed E-state index contributed by atoms with van der Waals surface area (Å²) in [6.07, 6.45) is 0. The van der Waals surface area contributed by atoms with E-state index < -0.39 is 8.15 Å². The van der Waals surface area contributed by atoms with Crippen molar-refractivity contribution in [3.05, 3.63) is 54.6 Å². The molecular weight excluding hydrogens is 230 g/mol. The monoisotopic (exact) mass is 242 g/mol. The molecule has 0 amide bonds. The van der Waals surface area contributed by atoms with E-state index in [-0.39, 0.29) is 0 Å². The summed E-state index contributed by atoms with van der Waals surface area (Å²) < 4.78 is 10.2. The van der Waals surface area contributed by atoms with Gasteiger partial charge in [-0.15, -0.1) is 0 Å². The maximum Gasteiger partial charge on any atom is 0.289 e. The molecule has 0 bridgehead atoms. The second-order valence-electron chi connectivity index (χ2n) is 3.43. The van der Waals surface area contributed by atoms with Gasteiger partial charge in [0.05, 0.1) is 15.3 Å². The van der Waals surface area contributed by atoms with Crippen LogP contribution < -0.4 is 15.3 Å². The molecule has 0 fully saturated rings. The fourth-order valence-corrected chi connectivity index (χ4v) is 2.96.